The Kier molecular flexibility index (Phi) is 7.50. The number of nitriles is 1. The lowest BCUT2D eigenvalue weighted by Crippen LogP contribution is -2.44. The summed E-state index contributed by atoms with van der Waals surface area (Å²) in [6.07, 6.45) is 0.639. The van der Waals surface area contributed by atoms with Crippen LogP contribution in [0.25, 0.3) is 0 Å². The van der Waals surface area contributed by atoms with E-state index in [2.05, 4.69) is 0 Å². The smallest absolute Gasteiger partial charge is 0.321 e. The van der Waals surface area contributed by atoms with Crippen LogP contribution in [0, 0.1) is 11.3 Å². The molecule has 0 saturated heterocycles. The highest BCUT2D eigenvalue weighted by Gasteiger charge is 2.29. The number of sulfonamides is 1. The van der Waals surface area contributed by atoms with Crippen molar-refractivity contribution in [2.75, 3.05) is 13.7 Å². The van der Waals surface area contributed by atoms with E-state index in [0.717, 1.165) is 0 Å². The summed E-state index contributed by atoms with van der Waals surface area (Å²) in [6, 6.07) is 0.406. The highest BCUT2D eigenvalue weighted by atomic mass is 32.2. The Hall–Kier alpha value is -1.17. The Morgan fingerprint density at radius 2 is 2.17 bits per heavy atom. The number of rotatable bonds is 9. The zero-order chi connectivity index (χ0) is 14.2. The first-order valence-corrected chi connectivity index (χ1v) is 7.06. The molecule has 2 N–H and O–H groups in total. The maximum atomic E-state index is 11.7. The largest absolute Gasteiger partial charge is 0.480 e. The van der Waals surface area contributed by atoms with Crippen molar-refractivity contribution in [2.45, 2.75) is 37.5 Å². The summed E-state index contributed by atoms with van der Waals surface area (Å²) < 4.78 is 30.2. The van der Waals surface area contributed by atoms with Crippen molar-refractivity contribution in [2.24, 2.45) is 0 Å². The van der Waals surface area contributed by atoms with Gasteiger partial charge in [-0.15, -0.1) is 0 Å². The molecule has 0 fully saturated rings. The molecule has 18 heavy (non-hydrogen) atoms. The molecule has 2 atom stereocenters. The van der Waals surface area contributed by atoms with Crippen LogP contribution < -0.4 is 4.72 Å². The first-order chi connectivity index (χ1) is 8.38. The van der Waals surface area contributed by atoms with Gasteiger partial charge in [0.2, 0.25) is 10.0 Å². The summed E-state index contributed by atoms with van der Waals surface area (Å²) in [5.74, 6) is -1.26. The third-order valence-electron chi connectivity index (χ3n) is 2.34. The summed E-state index contributed by atoms with van der Waals surface area (Å²) in [6.45, 7) is 1.90. The van der Waals surface area contributed by atoms with Gasteiger partial charge in [0, 0.05) is 13.7 Å². The normalized spacial score (nSPS) is 14.7. The number of carboxylic acids is 1. The maximum Gasteiger partial charge on any atom is 0.321 e. The second kappa shape index (κ2) is 8.02. The van der Waals surface area contributed by atoms with Crippen LogP contribution in [0.5, 0.6) is 0 Å². The molecule has 0 aromatic carbocycles. The Morgan fingerprint density at radius 3 is 2.56 bits per heavy atom. The van der Waals surface area contributed by atoms with E-state index >= 15 is 0 Å². The van der Waals surface area contributed by atoms with Gasteiger partial charge < -0.3 is 9.84 Å². The average molecular weight is 278 g/mol. The molecule has 8 heteroatoms. The predicted molar refractivity (Wildman–Crippen MR) is 64.3 cm³/mol. The van der Waals surface area contributed by atoms with E-state index in [4.69, 9.17) is 15.1 Å². The van der Waals surface area contributed by atoms with Crippen LogP contribution in [-0.2, 0) is 19.6 Å². The van der Waals surface area contributed by atoms with Crippen LogP contribution in [-0.4, -0.2) is 44.5 Å². The topological polar surface area (TPSA) is 116 Å². The number of hydrogen-bond donors (Lipinski definition) is 2. The Balaban J connectivity index is 4.68. The third kappa shape index (κ3) is 5.44. The van der Waals surface area contributed by atoms with Gasteiger partial charge in [0.15, 0.2) is 5.25 Å². The number of nitrogens with zero attached hydrogens (tertiary/aromatic N) is 1. The van der Waals surface area contributed by atoms with Gasteiger partial charge in [-0.2, -0.15) is 9.98 Å². The van der Waals surface area contributed by atoms with E-state index in [-0.39, 0.29) is 12.8 Å². The molecule has 0 rings (SSSR count). The predicted octanol–water partition coefficient (Wildman–Crippen LogP) is 0.0878. The van der Waals surface area contributed by atoms with Gasteiger partial charge in [0.1, 0.15) is 6.04 Å². The molecule has 2 unspecified atom stereocenters. The Bertz CT molecular complexity index is 401. The van der Waals surface area contributed by atoms with Crippen LogP contribution in [0.1, 0.15) is 26.2 Å². The van der Waals surface area contributed by atoms with Crippen LogP contribution in [0.3, 0.4) is 0 Å². The zero-order valence-electron chi connectivity index (χ0n) is 10.4. The first-order valence-electron chi connectivity index (χ1n) is 5.51. The minimum Gasteiger partial charge on any atom is -0.480 e. The lowest BCUT2D eigenvalue weighted by molar-refractivity contribution is -0.139. The first kappa shape index (κ1) is 16.8. The van der Waals surface area contributed by atoms with Gasteiger partial charge in [-0.05, 0) is 19.3 Å². The van der Waals surface area contributed by atoms with Crippen molar-refractivity contribution in [3.05, 3.63) is 0 Å². The molecule has 0 aliphatic rings. The standard InChI is InChI=1S/C10H18N2O5S/c1-3-8(7-11)18(15,16)12-9(10(13)14)5-4-6-17-2/h8-9,12H,3-6H2,1-2H3,(H,13,14). The molecule has 0 heterocycles. The number of hydrogen-bond acceptors (Lipinski definition) is 5. The third-order valence-corrected chi connectivity index (χ3v) is 4.14. The molecule has 0 radical (unpaired) electrons. The number of aliphatic carboxylic acids is 1. The van der Waals surface area contributed by atoms with E-state index in [0.29, 0.717) is 13.0 Å². The Labute approximate surface area is 107 Å². The number of ether oxygens (including phenoxy) is 1. The van der Waals surface area contributed by atoms with Gasteiger partial charge in [-0.1, -0.05) is 6.92 Å². The zero-order valence-corrected chi connectivity index (χ0v) is 11.2. The fourth-order valence-corrected chi connectivity index (χ4v) is 2.68. The lowest BCUT2D eigenvalue weighted by atomic mass is 10.2. The SMILES string of the molecule is CCC(C#N)S(=O)(=O)NC(CCCOC)C(=O)O. The molecule has 0 amide bonds. The molecule has 0 aliphatic carbocycles. The molecule has 0 spiro atoms. The molecule has 0 aliphatic heterocycles. The molecule has 0 bridgehead atoms. The molecule has 0 aromatic rings. The van der Waals surface area contributed by atoms with Crippen molar-refractivity contribution in [3.63, 3.8) is 0 Å². The molecule has 104 valence electrons. The fourth-order valence-electron chi connectivity index (χ4n) is 1.33. The summed E-state index contributed by atoms with van der Waals surface area (Å²) in [4.78, 5) is 10.9. The minimum atomic E-state index is -3.94. The molecular formula is C10H18N2O5S. The van der Waals surface area contributed by atoms with Crippen LogP contribution >= 0.6 is 0 Å². The number of carboxylic acid groups (broad SMARTS) is 1. The number of nitrogens with one attached hydrogen (secondary N) is 1. The number of carbonyl (C=O) groups is 1. The van der Waals surface area contributed by atoms with E-state index < -0.39 is 27.3 Å². The van der Waals surface area contributed by atoms with Crippen molar-refractivity contribution >= 4 is 16.0 Å². The van der Waals surface area contributed by atoms with E-state index in [1.807, 2.05) is 4.72 Å². The Morgan fingerprint density at radius 1 is 1.56 bits per heavy atom. The second-order valence-corrected chi connectivity index (χ2v) is 5.61. The van der Waals surface area contributed by atoms with Crippen molar-refractivity contribution in [1.29, 1.82) is 5.26 Å². The van der Waals surface area contributed by atoms with Gasteiger partial charge in [-0.25, -0.2) is 8.42 Å². The molecule has 0 saturated carbocycles. The maximum absolute atomic E-state index is 11.7. The monoisotopic (exact) mass is 278 g/mol. The van der Waals surface area contributed by atoms with Crippen LogP contribution in [0.4, 0.5) is 0 Å². The summed E-state index contributed by atoms with van der Waals surface area (Å²) in [5.41, 5.74) is 0. The average Bonchev–Trinajstić information content (AvgIpc) is 2.28. The van der Waals surface area contributed by atoms with Crippen LogP contribution in [0.15, 0.2) is 0 Å². The molecule has 7 nitrogen and oxygen atoms in total. The highest BCUT2D eigenvalue weighted by Crippen LogP contribution is 2.07. The molecular weight excluding hydrogens is 260 g/mol. The second-order valence-electron chi connectivity index (χ2n) is 3.71. The summed E-state index contributed by atoms with van der Waals surface area (Å²) in [7, 11) is -2.46. The molecule has 0 aromatic heterocycles. The van der Waals surface area contributed by atoms with Crippen LogP contribution in [0.2, 0.25) is 0 Å². The number of methoxy groups -OCH3 is 1. The van der Waals surface area contributed by atoms with E-state index in [1.165, 1.54) is 7.11 Å². The highest BCUT2D eigenvalue weighted by molar-refractivity contribution is 7.90. The van der Waals surface area contributed by atoms with Crippen molar-refractivity contribution in [1.82, 2.24) is 4.72 Å². The lowest BCUT2D eigenvalue weighted by Gasteiger charge is -2.16. The fraction of sp³-hybridized carbons (Fsp3) is 0.800. The van der Waals surface area contributed by atoms with Crippen molar-refractivity contribution in [3.8, 4) is 6.07 Å². The van der Waals surface area contributed by atoms with Gasteiger partial charge >= 0.3 is 5.97 Å². The minimum absolute atomic E-state index is 0.107. The summed E-state index contributed by atoms with van der Waals surface area (Å²) >= 11 is 0. The summed E-state index contributed by atoms with van der Waals surface area (Å²) in [5, 5.41) is 16.4. The van der Waals surface area contributed by atoms with E-state index in [9.17, 15) is 13.2 Å². The van der Waals surface area contributed by atoms with Gasteiger partial charge in [0.05, 0.1) is 6.07 Å². The van der Waals surface area contributed by atoms with Gasteiger partial charge in [-0.3, -0.25) is 4.79 Å². The van der Waals surface area contributed by atoms with Gasteiger partial charge in [0.25, 0.3) is 0 Å². The quantitative estimate of drug-likeness (QED) is 0.577. The van der Waals surface area contributed by atoms with E-state index in [1.54, 1.807) is 13.0 Å². The van der Waals surface area contributed by atoms with Crippen molar-refractivity contribution < 1.29 is 23.1 Å².